The van der Waals surface area contributed by atoms with Crippen LogP contribution in [0, 0.1) is 12.7 Å². The van der Waals surface area contributed by atoms with Crippen LogP contribution >= 0.6 is 11.3 Å². The average Bonchev–Trinajstić information content (AvgIpc) is 3.41. The number of carbonyl (C=O) groups excluding carboxylic acids is 2. The monoisotopic (exact) mass is 634 g/mol. The molecule has 0 aliphatic heterocycles. The van der Waals surface area contributed by atoms with Crippen LogP contribution in [0.5, 0.6) is 11.6 Å². The van der Waals surface area contributed by atoms with E-state index in [2.05, 4.69) is 30.6 Å². The summed E-state index contributed by atoms with van der Waals surface area (Å²) >= 11 is 1.37. The Morgan fingerprint density at radius 3 is 2.53 bits per heavy atom. The molecule has 14 heteroatoms. The number of ether oxygens (including phenoxy) is 3. The van der Waals surface area contributed by atoms with E-state index < -0.39 is 36.1 Å². The highest BCUT2D eigenvalue weighted by Gasteiger charge is 2.22. The van der Waals surface area contributed by atoms with Gasteiger partial charge in [-0.1, -0.05) is 0 Å². The molecule has 0 spiro atoms. The Labute approximate surface area is 261 Å². The molecular weight excluding hydrogens is 603 g/mol. The second-order valence-electron chi connectivity index (χ2n) is 10.4. The average molecular weight is 635 g/mol. The summed E-state index contributed by atoms with van der Waals surface area (Å²) in [6.45, 7) is 6.87. The number of rotatable bonds is 10. The van der Waals surface area contributed by atoms with Gasteiger partial charge in [0.1, 0.15) is 22.9 Å². The van der Waals surface area contributed by atoms with Crippen LogP contribution in [0.3, 0.4) is 0 Å². The molecule has 0 bridgehead atoms. The van der Waals surface area contributed by atoms with Crippen molar-refractivity contribution in [1.29, 1.82) is 0 Å². The predicted octanol–water partition coefficient (Wildman–Crippen LogP) is 5.27. The molecule has 0 radical (unpaired) electrons. The third-order valence-electron chi connectivity index (χ3n) is 6.72. The number of carbonyl (C=O) groups is 2. The van der Waals surface area contributed by atoms with E-state index in [4.69, 9.17) is 14.2 Å². The first-order chi connectivity index (χ1) is 21.5. The number of methoxy groups -OCH3 is 1. The van der Waals surface area contributed by atoms with Crippen LogP contribution in [-0.2, 0) is 4.74 Å². The van der Waals surface area contributed by atoms with Crippen molar-refractivity contribution >= 4 is 50.3 Å². The summed E-state index contributed by atoms with van der Waals surface area (Å²) in [6.07, 6.45) is -0.0888. The topological polar surface area (TPSA) is 158 Å². The van der Waals surface area contributed by atoms with Crippen molar-refractivity contribution in [3.05, 3.63) is 65.9 Å². The maximum Gasteiger partial charge on any atom is 0.412 e. The molecule has 5 aromatic rings. The van der Waals surface area contributed by atoms with Crippen LogP contribution in [0.2, 0.25) is 0 Å². The van der Waals surface area contributed by atoms with E-state index in [0.717, 1.165) is 11.1 Å². The lowest BCUT2D eigenvalue weighted by molar-refractivity contribution is 0.0402. The van der Waals surface area contributed by atoms with E-state index in [9.17, 15) is 14.7 Å². The molecule has 3 atom stereocenters. The van der Waals surface area contributed by atoms with Gasteiger partial charge in [-0.3, -0.25) is 10.1 Å². The summed E-state index contributed by atoms with van der Waals surface area (Å²) in [5.41, 5.74) is 3.94. The molecule has 0 saturated heterocycles. The van der Waals surface area contributed by atoms with E-state index >= 15 is 4.39 Å². The Balaban J connectivity index is 1.24. The van der Waals surface area contributed by atoms with Crippen molar-refractivity contribution in [2.45, 2.75) is 46.0 Å². The molecular formula is C31H31FN6O6S. The smallest absolute Gasteiger partial charge is 0.412 e. The number of benzene rings is 2. The number of anilines is 1. The van der Waals surface area contributed by atoms with Crippen LogP contribution in [0.1, 0.15) is 36.8 Å². The van der Waals surface area contributed by atoms with Crippen molar-refractivity contribution in [3.8, 4) is 22.2 Å². The highest BCUT2D eigenvalue weighted by atomic mass is 32.1. The molecule has 45 heavy (non-hydrogen) atoms. The van der Waals surface area contributed by atoms with E-state index in [1.54, 1.807) is 33.0 Å². The summed E-state index contributed by atoms with van der Waals surface area (Å²) in [5.74, 6) is -0.666. The lowest BCUT2D eigenvalue weighted by Gasteiger charge is -2.22. The molecule has 3 N–H and O–H groups in total. The number of pyridine rings is 1. The lowest BCUT2D eigenvalue weighted by Crippen LogP contribution is -2.33. The van der Waals surface area contributed by atoms with Crippen LogP contribution < -0.4 is 20.1 Å². The molecule has 234 valence electrons. The number of hydrogen-bond acceptors (Lipinski definition) is 11. The van der Waals surface area contributed by atoms with Crippen LogP contribution in [0.25, 0.3) is 31.8 Å². The van der Waals surface area contributed by atoms with E-state index in [1.165, 1.54) is 42.8 Å². The Hall–Kier alpha value is -4.95. The van der Waals surface area contributed by atoms with Crippen LogP contribution in [0.4, 0.5) is 14.9 Å². The molecule has 0 fully saturated rings. The number of hydrogen-bond donors (Lipinski definition) is 3. The van der Waals surface area contributed by atoms with Crippen molar-refractivity contribution in [2.24, 2.45) is 0 Å². The van der Waals surface area contributed by atoms with Crippen LogP contribution in [0.15, 0.2) is 48.8 Å². The summed E-state index contributed by atoms with van der Waals surface area (Å²) in [5, 5.41) is 15.0. The number of fused-ring (bicyclic) bond motifs is 2. The van der Waals surface area contributed by atoms with Gasteiger partial charge in [-0.05, 0) is 57.5 Å². The Morgan fingerprint density at radius 2 is 1.82 bits per heavy atom. The van der Waals surface area contributed by atoms with Gasteiger partial charge < -0.3 is 24.6 Å². The fourth-order valence-electron chi connectivity index (χ4n) is 4.29. The van der Waals surface area contributed by atoms with Crippen LogP contribution in [-0.4, -0.2) is 69.0 Å². The number of amides is 2. The maximum atomic E-state index is 15.1. The van der Waals surface area contributed by atoms with E-state index in [0.29, 0.717) is 37.8 Å². The summed E-state index contributed by atoms with van der Waals surface area (Å²) in [7, 11) is 1.53. The lowest BCUT2D eigenvalue weighted by atomic mass is 10.1. The first-order valence-electron chi connectivity index (χ1n) is 14.0. The quantitative estimate of drug-likeness (QED) is 0.185. The zero-order valence-corrected chi connectivity index (χ0v) is 25.9. The van der Waals surface area contributed by atoms with Gasteiger partial charge in [-0.15, -0.1) is 11.3 Å². The summed E-state index contributed by atoms with van der Waals surface area (Å²) < 4.78 is 32.3. The third-order valence-corrected chi connectivity index (χ3v) is 7.77. The fraction of sp³-hybridized carbons (Fsp3) is 0.290. The standard InChI is InChI=1S/C31H31FN6O6S/c1-15-8-20(28-24(9-15)37-27(42-5)14-34-28)30-38-23-10-21(32)25(11-26(23)45-30)43-17(3)18(4)44-31(41)36-19-6-7-22(33-13-19)29(40)35-12-16(2)39/h6-11,13-14,16-18,39H,12H2,1-5H3,(H,35,40)(H,36,41)/t16-,17-,18+/m0/s1. The maximum absolute atomic E-state index is 15.1. The SMILES string of the molecule is COc1cnc2c(-c3nc4cc(F)c(O[C@@H](C)[C@@H](C)OC(=O)Nc5ccc(C(=O)NC[C@H](C)O)nc5)cc4s3)cc(C)cc2n1. The first kappa shape index (κ1) is 31.5. The molecule has 12 nitrogen and oxygen atoms in total. The van der Waals surface area contributed by atoms with Gasteiger partial charge in [0.15, 0.2) is 11.6 Å². The molecule has 5 rings (SSSR count). The van der Waals surface area contributed by atoms with E-state index in [-0.39, 0.29) is 18.0 Å². The minimum atomic E-state index is -0.778. The zero-order chi connectivity index (χ0) is 32.2. The number of aromatic nitrogens is 4. The van der Waals surface area contributed by atoms with Crippen molar-refractivity contribution < 1.29 is 33.3 Å². The Bertz CT molecular complexity index is 1870. The minimum Gasteiger partial charge on any atom is -0.484 e. The highest BCUT2D eigenvalue weighted by molar-refractivity contribution is 7.21. The molecule has 2 amide bonds. The minimum absolute atomic E-state index is 0.00616. The molecule has 3 aromatic heterocycles. The fourth-order valence-corrected chi connectivity index (χ4v) is 5.28. The molecule has 0 unspecified atom stereocenters. The van der Waals surface area contributed by atoms with Gasteiger partial charge in [-0.25, -0.2) is 29.1 Å². The molecule has 2 aromatic carbocycles. The van der Waals surface area contributed by atoms with Gasteiger partial charge in [0.25, 0.3) is 5.91 Å². The number of nitrogens with one attached hydrogen (secondary N) is 2. The molecule has 3 heterocycles. The normalized spacial score (nSPS) is 13.2. The van der Waals surface area contributed by atoms with Crippen molar-refractivity contribution in [3.63, 3.8) is 0 Å². The zero-order valence-electron chi connectivity index (χ0n) is 25.1. The molecule has 0 saturated carbocycles. The Kier molecular flexibility index (Phi) is 9.34. The summed E-state index contributed by atoms with van der Waals surface area (Å²) in [6, 6.07) is 9.68. The van der Waals surface area contributed by atoms with Gasteiger partial charge in [-0.2, -0.15) is 0 Å². The van der Waals surface area contributed by atoms with Gasteiger partial charge in [0, 0.05) is 24.2 Å². The summed E-state index contributed by atoms with van der Waals surface area (Å²) in [4.78, 5) is 42.2. The number of aliphatic hydroxyl groups excluding tert-OH is 1. The third kappa shape index (κ3) is 7.41. The number of aryl methyl sites for hydroxylation is 1. The van der Waals surface area contributed by atoms with Gasteiger partial charge in [0.05, 0.1) is 52.5 Å². The molecule has 0 aliphatic rings. The number of nitrogens with zero attached hydrogens (tertiary/aromatic N) is 4. The van der Waals surface area contributed by atoms with Gasteiger partial charge in [0.2, 0.25) is 5.88 Å². The largest absolute Gasteiger partial charge is 0.484 e. The number of halogens is 1. The van der Waals surface area contributed by atoms with Crippen molar-refractivity contribution in [1.82, 2.24) is 25.3 Å². The van der Waals surface area contributed by atoms with Gasteiger partial charge >= 0.3 is 6.09 Å². The number of aliphatic hydroxyl groups is 1. The first-order valence-corrected chi connectivity index (χ1v) is 14.8. The highest BCUT2D eigenvalue weighted by Crippen LogP contribution is 2.37. The second kappa shape index (κ2) is 13.4. The number of thiazole rings is 1. The second-order valence-corrected chi connectivity index (χ2v) is 11.4. The molecule has 0 aliphatic carbocycles. The van der Waals surface area contributed by atoms with Crippen molar-refractivity contribution in [2.75, 3.05) is 19.0 Å². The van der Waals surface area contributed by atoms with E-state index in [1.807, 2.05) is 19.1 Å². The predicted molar refractivity (Wildman–Crippen MR) is 167 cm³/mol. The Morgan fingerprint density at radius 1 is 1.02 bits per heavy atom.